The van der Waals surface area contributed by atoms with E-state index in [2.05, 4.69) is 9.88 Å². The molecule has 1 aromatic heterocycles. The van der Waals surface area contributed by atoms with E-state index in [1.165, 1.54) is 0 Å². The third-order valence-corrected chi connectivity index (χ3v) is 8.00. The number of aliphatic carboxylic acids is 1. The summed E-state index contributed by atoms with van der Waals surface area (Å²) in [5, 5.41) is 9.45. The predicted octanol–water partition coefficient (Wildman–Crippen LogP) is 3.61. The highest BCUT2D eigenvalue weighted by Crippen LogP contribution is 2.31. The quantitative estimate of drug-likeness (QED) is 0.527. The minimum absolute atomic E-state index is 0.0272. The Morgan fingerprint density at radius 3 is 2.39 bits per heavy atom. The molecular weight excluding hydrogens is 456 g/mol. The number of amides is 1. The number of fused-ring (bicyclic) bond motifs is 1. The van der Waals surface area contributed by atoms with Crippen LogP contribution in [-0.2, 0) is 4.79 Å². The molecule has 0 saturated carbocycles. The summed E-state index contributed by atoms with van der Waals surface area (Å²) >= 11 is 0. The molecule has 1 amide bonds. The van der Waals surface area contributed by atoms with Crippen LogP contribution in [0.3, 0.4) is 0 Å². The van der Waals surface area contributed by atoms with Gasteiger partial charge in [-0.3, -0.25) is 14.2 Å². The van der Waals surface area contributed by atoms with E-state index in [0.29, 0.717) is 18.7 Å². The first-order valence-corrected chi connectivity index (χ1v) is 13.0. The van der Waals surface area contributed by atoms with Gasteiger partial charge in [0.25, 0.3) is 5.91 Å². The third-order valence-electron chi connectivity index (χ3n) is 8.00. The number of carbonyl (C=O) groups is 2. The first-order chi connectivity index (χ1) is 17.5. The zero-order valence-corrected chi connectivity index (χ0v) is 20.5. The minimum atomic E-state index is -0.766. The summed E-state index contributed by atoms with van der Waals surface area (Å²) in [4.78, 5) is 44.4. The fourth-order valence-electron chi connectivity index (χ4n) is 6.03. The lowest BCUT2D eigenvalue weighted by atomic mass is 9.80. The largest absolute Gasteiger partial charge is 0.481 e. The van der Waals surface area contributed by atoms with E-state index >= 15 is 0 Å². The number of para-hydroxylation sites is 2. The second-order valence-electron chi connectivity index (χ2n) is 10.2. The van der Waals surface area contributed by atoms with Crippen LogP contribution < -0.4 is 5.69 Å². The maximum absolute atomic E-state index is 13.0. The number of likely N-dealkylation sites (tertiary alicyclic amines) is 2. The normalized spacial score (nSPS) is 21.6. The average molecular weight is 491 g/mol. The molecule has 8 nitrogen and oxygen atoms in total. The molecule has 2 saturated heterocycles. The number of nitrogens with zero attached hydrogens (tertiary/aromatic N) is 3. The van der Waals surface area contributed by atoms with Crippen LogP contribution in [0.25, 0.3) is 11.0 Å². The van der Waals surface area contributed by atoms with Gasteiger partial charge in [0.05, 0.1) is 11.0 Å². The van der Waals surface area contributed by atoms with Crippen LogP contribution in [0.4, 0.5) is 0 Å². The number of carboxylic acid groups (broad SMARTS) is 1. The molecule has 190 valence electrons. The molecule has 2 unspecified atom stereocenters. The van der Waals surface area contributed by atoms with E-state index in [9.17, 15) is 19.5 Å². The molecule has 2 aliphatic heterocycles. The number of nitrogens with one attached hydrogen (secondary N) is 1. The molecule has 0 aliphatic carbocycles. The van der Waals surface area contributed by atoms with Crippen LogP contribution in [0.5, 0.6) is 0 Å². The van der Waals surface area contributed by atoms with Gasteiger partial charge in [0, 0.05) is 44.2 Å². The van der Waals surface area contributed by atoms with Crippen molar-refractivity contribution in [2.75, 3.05) is 32.7 Å². The predicted molar refractivity (Wildman–Crippen MR) is 138 cm³/mol. The van der Waals surface area contributed by atoms with Crippen LogP contribution in [0.15, 0.2) is 59.4 Å². The maximum atomic E-state index is 13.0. The molecule has 5 rings (SSSR count). The van der Waals surface area contributed by atoms with Crippen molar-refractivity contribution in [3.63, 3.8) is 0 Å². The van der Waals surface area contributed by atoms with Crippen LogP contribution in [0.1, 0.15) is 48.5 Å². The Morgan fingerprint density at radius 2 is 1.64 bits per heavy atom. The number of H-pyrrole nitrogens is 1. The standard InChI is InChI=1S/C28H34N4O4/c33-26(34)18-21-11-17-31(27(35)20-6-2-1-3-7-20)19-22(21)10-14-30-15-12-23(13-16-30)32-25-9-5-4-8-24(25)29-28(32)36/h1-9,21-23H,10-19H2,(H,29,36)(H,33,34). The second-order valence-corrected chi connectivity index (χ2v) is 10.2. The van der Waals surface area contributed by atoms with E-state index in [-0.39, 0.29) is 35.9 Å². The Kier molecular flexibility index (Phi) is 7.23. The SMILES string of the molecule is O=C(O)CC1CCN(C(=O)c2ccccc2)CC1CCN1CCC(n2c(=O)[nH]c3ccccc32)CC1. The average Bonchev–Trinajstić information content (AvgIpc) is 3.24. The van der Waals surface area contributed by atoms with E-state index < -0.39 is 5.97 Å². The number of imidazole rings is 1. The van der Waals surface area contributed by atoms with Gasteiger partial charge in [-0.1, -0.05) is 30.3 Å². The van der Waals surface area contributed by atoms with Crippen LogP contribution >= 0.6 is 0 Å². The number of hydrogen-bond acceptors (Lipinski definition) is 4. The molecule has 2 aliphatic rings. The summed E-state index contributed by atoms with van der Waals surface area (Å²) in [5.74, 6) is -0.488. The molecule has 0 radical (unpaired) electrons. The number of rotatable bonds is 7. The van der Waals surface area contributed by atoms with Gasteiger partial charge in [-0.05, 0) is 68.3 Å². The summed E-state index contributed by atoms with van der Waals surface area (Å²) in [6.07, 6.45) is 3.56. The Labute approximate surface area is 210 Å². The molecule has 3 heterocycles. The number of piperidine rings is 2. The molecule has 2 aromatic carbocycles. The lowest BCUT2D eigenvalue weighted by Gasteiger charge is -2.40. The first-order valence-electron chi connectivity index (χ1n) is 13.0. The minimum Gasteiger partial charge on any atom is -0.481 e. The van der Waals surface area contributed by atoms with Crippen molar-refractivity contribution in [3.8, 4) is 0 Å². The van der Waals surface area contributed by atoms with Gasteiger partial charge < -0.3 is 19.9 Å². The second kappa shape index (κ2) is 10.7. The maximum Gasteiger partial charge on any atom is 0.326 e. The monoisotopic (exact) mass is 490 g/mol. The van der Waals surface area contributed by atoms with Crippen molar-refractivity contribution in [3.05, 3.63) is 70.6 Å². The molecule has 2 fully saturated rings. The summed E-state index contributed by atoms with van der Waals surface area (Å²) in [6.45, 7) is 3.89. The molecule has 0 spiro atoms. The molecule has 36 heavy (non-hydrogen) atoms. The molecule has 3 aromatic rings. The van der Waals surface area contributed by atoms with Crippen molar-refractivity contribution >= 4 is 22.9 Å². The number of hydrogen-bond donors (Lipinski definition) is 2. The summed E-state index contributed by atoms with van der Waals surface area (Å²) < 4.78 is 1.91. The zero-order valence-electron chi connectivity index (χ0n) is 20.5. The van der Waals surface area contributed by atoms with Crippen molar-refractivity contribution in [2.24, 2.45) is 11.8 Å². The Bertz CT molecular complexity index is 1260. The Balaban J connectivity index is 1.20. The summed E-state index contributed by atoms with van der Waals surface area (Å²) in [6, 6.07) is 17.3. The number of aromatic nitrogens is 2. The van der Waals surface area contributed by atoms with E-state index in [0.717, 1.165) is 56.4 Å². The van der Waals surface area contributed by atoms with Gasteiger partial charge >= 0.3 is 11.7 Å². The number of carboxylic acids is 1. The fraction of sp³-hybridized carbons (Fsp3) is 0.464. The van der Waals surface area contributed by atoms with Gasteiger partial charge in [0.15, 0.2) is 0 Å². The summed E-state index contributed by atoms with van der Waals surface area (Å²) in [7, 11) is 0. The smallest absolute Gasteiger partial charge is 0.326 e. The van der Waals surface area contributed by atoms with E-state index in [1.54, 1.807) is 0 Å². The number of benzene rings is 2. The van der Waals surface area contributed by atoms with Crippen molar-refractivity contribution < 1.29 is 14.7 Å². The van der Waals surface area contributed by atoms with Gasteiger partial charge in [0.1, 0.15) is 0 Å². The van der Waals surface area contributed by atoms with Crippen LogP contribution in [0, 0.1) is 11.8 Å². The summed E-state index contributed by atoms with van der Waals surface area (Å²) in [5.41, 5.74) is 2.48. The highest BCUT2D eigenvalue weighted by atomic mass is 16.4. The van der Waals surface area contributed by atoms with E-state index in [1.807, 2.05) is 64.1 Å². The highest BCUT2D eigenvalue weighted by Gasteiger charge is 2.33. The number of carbonyl (C=O) groups excluding carboxylic acids is 1. The van der Waals surface area contributed by atoms with Crippen LogP contribution in [-0.4, -0.2) is 69.1 Å². The Hall–Kier alpha value is -3.39. The molecule has 2 atom stereocenters. The molecule has 2 N–H and O–H groups in total. The zero-order chi connectivity index (χ0) is 25.1. The van der Waals surface area contributed by atoms with Crippen molar-refractivity contribution in [1.29, 1.82) is 0 Å². The topological polar surface area (TPSA) is 98.6 Å². The fourth-order valence-corrected chi connectivity index (χ4v) is 6.03. The van der Waals surface area contributed by atoms with Crippen LogP contribution in [0.2, 0.25) is 0 Å². The first kappa shape index (κ1) is 24.3. The number of aromatic amines is 1. The molecule has 8 heteroatoms. The van der Waals surface area contributed by atoms with Crippen molar-refractivity contribution in [2.45, 2.75) is 38.1 Å². The van der Waals surface area contributed by atoms with Gasteiger partial charge in [-0.2, -0.15) is 0 Å². The molecule has 0 bridgehead atoms. The van der Waals surface area contributed by atoms with Crippen molar-refractivity contribution in [1.82, 2.24) is 19.4 Å². The van der Waals surface area contributed by atoms with Gasteiger partial charge in [0.2, 0.25) is 0 Å². The lowest BCUT2D eigenvalue weighted by Crippen LogP contribution is -2.45. The third kappa shape index (κ3) is 5.23. The highest BCUT2D eigenvalue weighted by molar-refractivity contribution is 5.94. The molecular formula is C28H34N4O4. The Morgan fingerprint density at radius 1 is 0.917 bits per heavy atom. The van der Waals surface area contributed by atoms with E-state index in [4.69, 9.17) is 0 Å². The lowest BCUT2D eigenvalue weighted by molar-refractivity contribution is -0.139. The van der Waals surface area contributed by atoms with Gasteiger partial charge in [-0.15, -0.1) is 0 Å². The van der Waals surface area contributed by atoms with Gasteiger partial charge in [-0.25, -0.2) is 4.79 Å².